The summed E-state index contributed by atoms with van der Waals surface area (Å²) >= 11 is 3.34. The Kier molecular flexibility index (Phi) is 4.10. The smallest absolute Gasteiger partial charge is 0.253 e. The topological polar surface area (TPSA) is 37.4 Å². The molecular formula is C14H12BrNO2. The van der Waals surface area contributed by atoms with E-state index in [1.807, 2.05) is 24.3 Å². The van der Waals surface area contributed by atoms with Crippen molar-refractivity contribution < 1.29 is 9.59 Å². The standard InChI is InChI=1S/C14H12BrNO2/c15-12-7-4-11(5-8-12)6-9-14(18)16-10-2-1-3-13(16)17/h1,3-9H,2,10H2. The zero-order chi connectivity index (χ0) is 13.0. The molecule has 2 amide bonds. The Morgan fingerprint density at radius 1 is 1.28 bits per heavy atom. The minimum atomic E-state index is -0.271. The van der Waals surface area contributed by atoms with Crippen LogP contribution in [-0.4, -0.2) is 23.3 Å². The Hall–Kier alpha value is -1.68. The number of imide groups is 1. The second kappa shape index (κ2) is 5.78. The largest absolute Gasteiger partial charge is 0.275 e. The number of benzene rings is 1. The Bertz CT molecular complexity index is 517. The molecule has 0 bridgehead atoms. The zero-order valence-electron chi connectivity index (χ0n) is 9.67. The van der Waals surface area contributed by atoms with Gasteiger partial charge in [0.2, 0.25) is 0 Å². The van der Waals surface area contributed by atoms with Gasteiger partial charge in [0, 0.05) is 17.1 Å². The Morgan fingerprint density at radius 3 is 2.67 bits per heavy atom. The quantitative estimate of drug-likeness (QED) is 0.788. The average molecular weight is 306 g/mol. The number of halogens is 1. The van der Waals surface area contributed by atoms with Crippen LogP contribution in [0.1, 0.15) is 12.0 Å². The first-order chi connectivity index (χ1) is 8.66. The van der Waals surface area contributed by atoms with Crippen LogP contribution in [0.2, 0.25) is 0 Å². The highest BCUT2D eigenvalue weighted by atomic mass is 79.9. The van der Waals surface area contributed by atoms with Gasteiger partial charge in [-0.1, -0.05) is 34.1 Å². The van der Waals surface area contributed by atoms with Gasteiger partial charge in [-0.05, 0) is 36.3 Å². The van der Waals surface area contributed by atoms with Crippen LogP contribution in [0.4, 0.5) is 0 Å². The van der Waals surface area contributed by atoms with Crippen molar-refractivity contribution in [3.05, 3.63) is 52.5 Å². The number of nitrogens with zero attached hydrogens (tertiary/aromatic N) is 1. The molecule has 0 saturated carbocycles. The minimum absolute atomic E-state index is 0.244. The van der Waals surface area contributed by atoms with Gasteiger partial charge in [0.1, 0.15) is 0 Å². The molecule has 0 unspecified atom stereocenters. The Balaban J connectivity index is 2.05. The summed E-state index contributed by atoms with van der Waals surface area (Å²) in [6, 6.07) is 7.59. The number of hydrogen-bond donors (Lipinski definition) is 0. The lowest BCUT2D eigenvalue weighted by Crippen LogP contribution is -2.37. The van der Waals surface area contributed by atoms with Crippen molar-refractivity contribution in [2.75, 3.05) is 6.54 Å². The number of hydrogen-bond acceptors (Lipinski definition) is 2. The molecule has 1 aromatic carbocycles. The fourth-order valence-corrected chi connectivity index (χ4v) is 1.90. The molecule has 18 heavy (non-hydrogen) atoms. The van der Waals surface area contributed by atoms with Crippen molar-refractivity contribution in [1.82, 2.24) is 4.90 Å². The molecule has 4 heteroatoms. The summed E-state index contributed by atoms with van der Waals surface area (Å²) in [5, 5.41) is 0. The van der Waals surface area contributed by atoms with E-state index in [4.69, 9.17) is 0 Å². The van der Waals surface area contributed by atoms with Crippen molar-refractivity contribution in [1.29, 1.82) is 0 Å². The fourth-order valence-electron chi connectivity index (χ4n) is 1.64. The van der Waals surface area contributed by atoms with Gasteiger partial charge in [0.05, 0.1) is 0 Å². The maximum absolute atomic E-state index is 11.8. The van der Waals surface area contributed by atoms with E-state index >= 15 is 0 Å². The Labute approximate surface area is 114 Å². The first-order valence-electron chi connectivity index (χ1n) is 5.62. The van der Waals surface area contributed by atoms with Gasteiger partial charge in [-0.2, -0.15) is 0 Å². The molecule has 92 valence electrons. The second-order valence-electron chi connectivity index (χ2n) is 3.90. The van der Waals surface area contributed by atoms with Gasteiger partial charge in [0.25, 0.3) is 11.8 Å². The molecule has 0 atom stereocenters. The van der Waals surface area contributed by atoms with E-state index in [0.717, 1.165) is 16.5 Å². The van der Waals surface area contributed by atoms with Crippen LogP contribution in [0.3, 0.4) is 0 Å². The molecule has 0 N–H and O–H groups in total. The molecule has 0 spiro atoms. The third-order valence-corrected chi connectivity index (χ3v) is 3.13. The van der Waals surface area contributed by atoms with Gasteiger partial charge in [0.15, 0.2) is 0 Å². The highest BCUT2D eigenvalue weighted by Gasteiger charge is 2.18. The highest BCUT2D eigenvalue weighted by molar-refractivity contribution is 9.10. The third kappa shape index (κ3) is 3.17. The number of carbonyl (C=O) groups is 2. The third-order valence-electron chi connectivity index (χ3n) is 2.60. The number of rotatable bonds is 2. The van der Waals surface area contributed by atoms with Crippen LogP contribution < -0.4 is 0 Å². The van der Waals surface area contributed by atoms with Crippen LogP contribution in [0.15, 0.2) is 47.0 Å². The number of amides is 2. The van der Waals surface area contributed by atoms with E-state index in [2.05, 4.69) is 15.9 Å². The van der Waals surface area contributed by atoms with Crippen LogP contribution in [-0.2, 0) is 9.59 Å². The summed E-state index contributed by atoms with van der Waals surface area (Å²) in [5.74, 6) is -0.515. The van der Waals surface area contributed by atoms with Gasteiger partial charge < -0.3 is 0 Å². The molecule has 3 nitrogen and oxygen atoms in total. The molecule has 0 aromatic heterocycles. The van der Waals surface area contributed by atoms with E-state index in [0.29, 0.717) is 6.54 Å². The molecule has 1 heterocycles. The van der Waals surface area contributed by atoms with Crippen molar-refractivity contribution in [3.8, 4) is 0 Å². The van der Waals surface area contributed by atoms with Crippen LogP contribution in [0.5, 0.6) is 0 Å². The van der Waals surface area contributed by atoms with E-state index in [9.17, 15) is 9.59 Å². The molecule has 0 saturated heterocycles. The summed E-state index contributed by atoms with van der Waals surface area (Å²) in [7, 11) is 0. The Morgan fingerprint density at radius 2 is 2.00 bits per heavy atom. The van der Waals surface area contributed by atoms with Crippen LogP contribution >= 0.6 is 15.9 Å². The zero-order valence-corrected chi connectivity index (χ0v) is 11.3. The highest BCUT2D eigenvalue weighted by Crippen LogP contribution is 2.12. The van der Waals surface area contributed by atoms with Crippen molar-refractivity contribution in [2.24, 2.45) is 0 Å². The van der Waals surface area contributed by atoms with E-state index in [1.165, 1.54) is 17.1 Å². The molecule has 0 fully saturated rings. The van der Waals surface area contributed by atoms with Gasteiger partial charge in [-0.25, -0.2) is 0 Å². The molecule has 0 aliphatic carbocycles. The summed E-state index contributed by atoms with van der Waals surface area (Å²) in [5.41, 5.74) is 0.923. The van der Waals surface area contributed by atoms with E-state index in [-0.39, 0.29) is 11.8 Å². The normalized spacial score (nSPS) is 15.4. The van der Waals surface area contributed by atoms with Crippen molar-refractivity contribution in [3.63, 3.8) is 0 Å². The average Bonchev–Trinajstić information content (AvgIpc) is 2.38. The predicted molar refractivity (Wildman–Crippen MR) is 73.7 cm³/mol. The van der Waals surface area contributed by atoms with Gasteiger partial charge in [-0.15, -0.1) is 0 Å². The van der Waals surface area contributed by atoms with Crippen molar-refractivity contribution in [2.45, 2.75) is 6.42 Å². The molecule has 0 radical (unpaired) electrons. The summed E-state index contributed by atoms with van der Waals surface area (Å²) in [6.45, 7) is 0.457. The van der Waals surface area contributed by atoms with Gasteiger partial charge in [-0.3, -0.25) is 14.5 Å². The maximum Gasteiger partial charge on any atom is 0.253 e. The SMILES string of the molecule is O=C1C=CCCN1C(=O)C=Cc1ccc(Br)cc1. The lowest BCUT2D eigenvalue weighted by Gasteiger charge is -2.19. The van der Waals surface area contributed by atoms with Crippen LogP contribution in [0.25, 0.3) is 6.08 Å². The van der Waals surface area contributed by atoms with E-state index in [1.54, 1.807) is 12.2 Å². The molecule has 1 aliphatic heterocycles. The molecular weight excluding hydrogens is 294 g/mol. The lowest BCUT2D eigenvalue weighted by atomic mass is 10.2. The van der Waals surface area contributed by atoms with Gasteiger partial charge >= 0.3 is 0 Å². The minimum Gasteiger partial charge on any atom is -0.275 e. The number of carbonyl (C=O) groups excluding carboxylic acids is 2. The second-order valence-corrected chi connectivity index (χ2v) is 4.82. The monoisotopic (exact) mass is 305 g/mol. The summed E-state index contributed by atoms with van der Waals surface area (Å²) in [4.78, 5) is 24.5. The molecule has 1 aliphatic rings. The first-order valence-corrected chi connectivity index (χ1v) is 6.42. The first kappa shape index (κ1) is 12.8. The van der Waals surface area contributed by atoms with Crippen molar-refractivity contribution >= 4 is 33.8 Å². The lowest BCUT2D eigenvalue weighted by molar-refractivity contribution is -0.139. The predicted octanol–water partition coefficient (Wildman–Crippen LogP) is 2.78. The molecule has 2 rings (SSSR count). The maximum atomic E-state index is 11.8. The fraction of sp³-hybridized carbons (Fsp3) is 0.143. The van der Waals surface area contributed by atoms with E-state index < -0.39 is 0 Å². The summed E-state index contributed by atoms with van der Waals surface area (Å²) in [6.07, 6.45) is 7.09. The van der Waals surface area contributed by atoms with Crippen LogP contribution in [0, 0.1) is 0 Å². The summed E-state index contributed by atoms with van der Waals surface area (Å²) < 4.78 is 0.988. The molecule has 1 aromatic rings.